The number of ketones is 1. The Labute approximate surface area is 120 Å². The van der Waals surface area contributed by atoms with Crippen LogP contribution in [0.15, 0.2) is 42.1 Å². The van der Waals surface area contributed by atoms with E-state index in [2.05, 4.69) is 0 Å². The van der Waals surface area contributed by atoms with Crippen molar-refractivity contribution in [1.82, 2.24) is 4.57 Å². The van der Waals surface area contributed by atoms with Crippen LogP contribution in [0.2, 0.25) is 5.02 Å². The number of hydrogen-bond acceptors (Lipinski definition) is 3. The zero-order chi connectivity index (χ0) is 14.3. The van der Waals surface area contributed by atoms with E-state index >= 15 is 0 Å². The quantitative estimate of drug-likeness (QED) is 0.821. The molecule has 1 aliphatic heterocycles. The number of halogens is 1. The third-order valence-corrected chi connectivity index (χ3v) is 3.48. The number of aliphatic hydroxyl groups excluding tert-OH is 1. The number of aryl methyl sites for hydroxylation is 1. The first-order chi connectivity index (χ1) is 9.56. The first-order valence-electron chi connectivity index (χ1n) is 6.08. The molecule has 1 aliphatic rings. The first-order valence-corrected chi connectivity index (χ1v) is 6.46. The number of ether oxygens (including phenoxy) is 1. The number of benzene rings is 1. The van der Waals surface area contributed by atoms with Gasteiger partial charge in [-0.3, -0.25) is 4.79 Å². The Balaban J connectivity index is 2.08. The molecule has 0 fully saturated rings. The van der Waals surface area contributed by atoms with Crippen molar-refractivity contribution in [1.29, 1.82) is 0 Å². The van der Waals surface area contributed by atoms with E-state index in [1.165, 1.54) is 0 Å². The summed E-state index contributed by atoms with van der Waals surface area (Å²) in [5.41, 5.74) is 1.37. The molecule has 0 aliphatic carbocycles. The van der Waals surface area contributed by atoms with Crippen molar-refractivity contribution in [3.63, 3.8) is 0 Å². The number of carbonyl (C=O) groups excluding carboxylic acids is 1. The fraction of sp³-hybridized carbons (Fsp3) is 0.133. The maximum Gasteiger partial charge on any atom is 0.228 e. The van der Waals surface area contributed by atoms with Gasteiger partial charge in [-0.1, -0.05) is 11.6 Å². The monoisotopic (exact) mass is 289 g/mol. The highest BCUT2D eigenvalue weighted by atomic mass is 35.5. The summed E-state index contributed by atoms with van der Waals surface area (Å²) in [6.45, 7) is 0. The van der Waals surface area contributed by atoms with E-state index in [0.717, 1.165) is 5.69 Å². The summed E-state index contributed by atoms with van der Waals surface area (Å²) in [6, 6.07) is 8.45. The Hall–Kier alpha value is -2.04. The molecule has 1 aromatic carbocycles. The molecular weight excluding hydrogens is 278 g/mol. The molecule has 1 unspecified atom stereocenters. The van der Waals surface area contributed by atoms with Crippen molar-refractivity contribution in [2.24, 2.45) is 7.05 Å². The van der Waals surface area contributed by atoms with Crippen molar-refractivity contribution < 1.29 is 14.6 Å². The molecule has 2 aromatic rings. The number of hydrogen-bond donors (Lipinski definition) is 1. The smallest absolute Gasteiger partial charge is 0.228 e. The van der Waals surface area contributed by atoms with E-state index in [0.29, 0.717) is 16.3 Å². The normalized spacial score (nSPS) is 19.9. The van der Waals surface area contributed by atoms with Crippen molar-refractivity contribution >= 4 is 23.5 Å². The number of fused-ring (bicyclic) bond motifs is 1. The lowest BCUT2D eigenvalue weighted by Gasteiger charge is -2.24. The van der Waals surface area contributed by atoms with Crippen LogP contribution in [-0.2, 0) is 7.05 Å². The number of nitrogens with zero attached hydrogens (tertiary/aromatic N) is 1. The first kappa shape index (κ1) is 13.0. The van der Waals surface area contributed by atoms with Gasteiger partial charge in [0.2, 0.25) is 6.29 Å². The molecular formula is C15H12ClNO3. The molecule has 0 bridgehead atoms. The third kappa shape index (κ3) is 2.13. The maximum atomic E-state index is 12.4. The lowest BCUT2D eigenvalue weighted by atomic mass is 9.98. The number of carbonyl (C=O) groups is 1. The van der Waals surface area contributed by atoms with Crippen molar-refractivity contribution in [3.8, 4) is 5.75 Å². The molecule has 20 heavy (non-hydrogen) atoms. The molecule has 0 saturated heterocycles. The van der Waals surface area contributed by atoms with Crippen molar-refractivity contribution in [2.45, 2.75) is 6.29 Å². The summed E-state index contributed by atoms with van der Waals surface area (Å²) in [5.74, 6) is 0.0679. The Kier molecular flexibility index (Phi) is 3.12. The van der Waals surface area contributed by atoms with Gasteiger partial charge in [0.05, 0.1) is 11.1 Å². The minimum Gasteiger partial charge on any atom is -0.460 e. The molecule has 3 rings (SSSR count). The van der Waals surface area contributed by atoms with E-state index in [9.17, 15) is 9.90 Å². The lowest BCUT2D eigenvalue weighted by molar-refractivity contribution is 0.00875. The van der Waals surface area contributed by atoms with Crippen LogP contribution in [-0.4, -0.2) is 21.7 Å². The van der Waals surface area contributed by atoms with Crippen LogP contribution in [0.5, 0.6) is 5.75 Å². The maximum absolute atomic E-state index is 12.4. The van der Waals surface area contributed by atoms with E-state index in [-0.39, 0.29) is 11.4 Å². The van der Waals surface area contributed by atoms with Gasteiger partial charge in [-0.2, -0.15) is 0 Å². The van der Waals surface area contributed by atoms with Gasteiger partial charge in [-0.15, -0.1) is 0 Å². The van der Waals surface area contributed by atoms with Gasteiger partial charge in [0.1, 0.15) is 5.75 Å². The third-order valence-electron chi connectivity index (χ3n) is 3.24. The summed E-state index contributed by atoms with van der Waals surface area (Å²) in [5, 5.41) is 10.4. The topological polar surface area (TPSA) is 51.5 Å². The second-order valence-corrected chi connectivity index (χ2v) is 5.02. The Morgan fingerprint density at radius 2 is 2.20 bits per heavy atom. The summed E-state index contributed by atoms with van der Waals surface area (Å²) in [6.07, 6.45) is 2.21. The molecule has 0 spiro atoms. The van der Waals surface area contributed by atoms with Crippen molar-refractivity contribution in [3.05, 3.63) is 58.4 Å². The van der Waals surface area contributed by atoms with Crippen LogP contribution in [0.4, 0.5) is 0 Å². The highest BCUT2D eigenvalue weighted by Crippen LogP contribution is 2.32. The molecule has 1 aromatic heterocycles. The summed E-state index contributed by atoms with van der Waals surface area (Å²) in [4.78, 5) is 12.4. The molecule has 2 heterocycles. The molecule has 0 radical (unpaired) electrons. The Morgan fingerprint density at radius 1 is 1.40 bits per heavy atom. The Morgan fingerprint density at radius 3 is 2.90 bits per heavy atom. The zero-order valence-corrected chi connectivity index (χ0v) is 11.5. The Bertz CT molecular complexity index is 718. The minimum absolute atomic E-state index is 0.196. The van der Waals surface area contributed by atoms with E-state index in [4.69, 9.17) is 16.3 Å². The average molecular weight is 290 g/mol. The van der Waals surface area contributed by atoms with Gasteiger partial charge in [-0.25, -0.2) is 0 Å². The molecule has 0 amide bonds. The second kappa shape index (κ2) is 4.81. The number of Topliss-reactive ketones (excluding diaryl/α,β-unsaturated/α-hetero) is 1. The van der Waals surface area contributed by atoms with Crippen LogP contribution in [0, 0.1) is 0 Å². The van der Waals surface area contributed by atoms with Gasteiger partial charge < -0.3 is 14.4 Å². The van der Waals surface area contributed by atoms with Crippen LogP contribution in [0.1, 0.15) is 16.1 Å². The average Bonchev–Trinajstić information content (AvgIpc) is 2.81. The van der Waals surface area contributed by atoms with Gasteiger partial charge >= 0.3 is 0 Å². The van der Waals surface area contributed by atoms with Gasteiger partial charge in [-0.05, 0) is 36.4 Å². The predicted octanol–water partition coefficient (Wildman–Crippen LogP) is 2.66. The van der Waals surface area contributed by atoms with Gasteiger partial charge in [0.15, 0.2) is 5.78 Å². The molecule has 1 N–H and O–H groups in total. The molecule has 102 valence electrons. The largest absolute Gasteiger partial charge is 0.460 e. The molecule has 0 saturated carbocycles. The summed E-state index contributed by atoms with van der Waals surface area (Å²) in [7, 11) is 1.86. The summed E-state index contributed by atoms with van der Waals surface area (Å²) >= 11 is 5.90. The molecule has 4 nitrogen and oxygen atoms in total. The van der Waals surface area contributed by atoms with Crippen LogP contribution < -0.4 is 4.74 Å². The fourth-order valence-electron chi connectivity index (χ4n) is 2.15. The second-order valence-electron chi connectivity index (χ2n) is 4.58. The van der Waals surface area contributed by atoms with Gasteiger partial charge in [0, 0.05) is 24.0 Å². The minimum atomic E-state index is -1.27. The van der Waals surface area contributed by atoms with Crippen molar-refractivity contribution in [2.75, 3.05) is 0 Å². The SMILES string of the molecule is Cn1cccc1/C=C1/C(=O)c2cc(Cl)ccc2OC1O. The van der Waals surface area contributed by atoms with E-state index in [1.807, 2.05) is 29.9 Å². The molecule has 5 heteroatoms. The lowest BCUT2D eigenvalue weighted by Crippen LogP contribution is -2.29. The fourth-order valence-corrected chi connectivity index (χ4v) is 2.33. The highest BCUT2D eigenvalue weighted by Gasteiger charge is 2.30. The standard InChI is InChI=1S/C15H12ClNO3/c1-17-6-2-3-10(17)8-12-14(18)11-7-9(16)4-5-13(11)20-15(12)19/h2-8,15,19H,1H3/b12-8-. The molecule has 1 atom stereocenters. The van der Waals surface area contributed by atoms with Crippen LogP contribution in [0.3, 0.4) is 0 Å². The van der Waals surface area contributed by atoms with Gasteiger partial charge in [0.25, 0.3) is 0 Å². The number of aromatic nitrogens is 1. The zero-order valence-electron chi connectivity index (χ0n) is 10.7. The summed E-state index contributed by atoms with van der Waals surface area (Å²) < 4.78 is 7.20. The van der Waals surface area contributed by atoms with Crippen LogP contribution >= 0.6 is 11.6 Å². The number of aliphatic hydroxyl groups is 1. The van der Waals surface area contributed by atoms with E-state index in [1.54, 1.807) is 24.3 Å². The number of rotatable bonds is 1. The van der Waals surface area contributed by atoms with E-state index < -0.39 is 6.29 Å². The highest BCUT2D eigenvalue weighted by molar-refractivity contribution is 6.31. The predicted molar refractivity (Wildman–Crippen MR) is 75.8 cm³/mol. The van der Waals surface area contributed by atoms with Crippen LogP contribution in [0.25, 0.3) is 6.08 Å².